The molecule has 0 bridgehead atoms. The third kappa shape index (κ3) is 3.88. The maximum atomic E-state index is 13.8. The standard InChI is InChI=1S/C15H20BrFN2O.2ClH/c16-11-4-5-12(17)15(20)13(11)14(10-2-1-3-10)19-8-6-18-7-9-19;;/h4-5,10,14,18,20H,1-3,6-9H2;2*1H/t14-;;/m0../s1. The van der Waals surface area contributed by atoms with Gasteiger partial charge in [0.25, 0.3) is 0 Å². The smallest absolute Gasteiger partial charge is 0.165 e. The monoisotopic (exact) mass is 414 g/mol. The summed E-state index contributed by atoms with van der Waals surface area (Å²) in [7, 11) is 0. The molecule has 2 fully saturated rings. The largest absolute Gasteiger partial charge is 0.505 e. The first-order valence-corrected chi connectivity index (χ1v) is 8.09. The van der Waals surface area contributed by atoms with E-state index in [9.17, 15) is 9.50 Å². The first-order valence-electron chi connectivity index (χ1n) is 7.30. The first-order chi connectivity index (χ1) is 9.68. The van der Waals surface area contributed by atoms with Crippen molar-refractivity contribution in [2.75, 3.05) is 26.2 Å². The molecule has 22 heavy (non-hydrogen) atoms. The van der Waals surface area contributed by atoms with Crippen LogP contribution in [0.5, 0.6) is 5.75 Å². The van der Waals surface area contributed by atoms with E-state index >= 15 is 0 Å². The maximum absolute atomic E-state index is 13.8. The lowest BCUT2D eigenvalue weighted by Gasteiger charge is -2.43. The van der Waals surface area contributed by atoms with E-state index in [2.05, 4.69) is 26.1 Å². The number of hydrogen-bond acceptors (Lipinski definition) is 3. The minimum atomic E-state index is -0.525. The van der Waals surface area contributed by atoms with E-state index in [4.69, 9.17) is 0 Å². The van der Waals surface area contributed by atoms with Gasteiger partial charge in [-0.1, -0.05) is 22.4 Å². The van der Waals surface area contributed by atoms with Crippen LogP contribution in [0.1, 0.15) is 30.9 Å². The lowest BCUT2D eigenvalue weighted by Crippen LogP contribution is -2.48. The second-order valence-electron chi connectivity index (χ2n) is 5.71. The molecule has 126 valence electrons. The summed E-state index contributed by atoms with van der Waals surface area (Å²) >= 11 is 3.50. The van der Waals surface area contributed by atoms with Crippen LogP contribution in [0.4, 0.5) is 4.39 Å². The van der Waals surface area contributed by atoms with Gasteiger partial charge in [0.05, 0.1) is 0 Å². The number of nitrogens with zero attached hydrogens (tertiary/aromatic N) is 1. The van der Waals surface area contributed by atoms with Crippen molar-refractivity contribution in [3.8, 4) is 5.75 Å². The average molecular weight is 416 g/mol. The zero-order valence-corrected chi connectivity index (χ0v) is 15.4. The maximum Gasteiger partial charge on any atom is 0.165 e. The van der Waals surface area contributed by atoms with Crippen LogP contribution in [0.15, 0.2) is 16.6 Å². The molecule has 0 unspecified atom stereocenters. The van der Waals surface area contributed by atoms with Crippen molar-refractivity contribution in [2.24, 2.45) is 5.92 Å². The summed E-state index contributed by atoms with van der Waals surface area (Å²) in [6.45, 7) is 3.81. The Balaban J connectivity index is 0.00000121. The van der Waals surface area contributed by atoms with Crippen LogP contribution in [-0.2, 0) is 0 Å². The van der Waals surface area contributed by atoms with Crippen LogP contribution in [0.3, 0.4) is 0 Å². The summed E-state index contributed by atoms with van der Waals surface area (Å²) in [5.74, 6) is -0.186. The number of phenolic OH excluding ortho intramolecular Hbond substituents is 1. The normalized spacial score (nSPS) is 20.5. The van der Waals surface area contributed by atoms with Crippen LogP contribution in [-0.4, -0.2) is 36.2 Å². The zero-order chi connectivity index (χ0) is 14.1. The highest BCUT2D eigenvalue weighted by atomic mass is 79.9. The molecule has 2 N–H and O–H groups in total. The summed E-state index contributed by atoms with van der Waals surface area (Å²) in [6, 6.07) is 3.15. The predicted octanol–water partition coefficient (Wildman–Crippen LogP) is 3.88. The quantitative estimate of drug-likeness (QED) is 0.786. The van der Waals surface area contributed by atoms with Gasteiger partial charge in [-0.25, -0.2) is 4.39 Å². The second kappa shape index (κ2) is 8.69. The third-order valence-corrected chi connectivity index (χ3v) is 5.24. The fourth-order valence-corrected chi connectivity index (χ4v) is 3.82. The molecule has 1 aliphatic carbocycles. The van der Waals surface area contributed by atoms with Gasteiger partial charge < -0.3 is 10.4 Å². The number of nitrogens with one attached hydrogen (secondary N) is 1. The Kier molecular flexibility index (Phi) is 7.89. The molecule has 1 saturated heterocycles. The predicted molar refractivity (Wildman–Crippen MR) is 94.8 cm³/mol. The second-order valence-corrected chi connectivity index (χ2v) is 6.57. The Hall–Kier alpha value is -0.0700. The topological polar surface area (TPSA) is 35.5 Å². The van der Waals surface area contributed by atoms with Gasteiger partial charge in [-0.2, -0.15) is 0 Å². The van der Waals surface area contributed by atoms with E-state index in [0.717, 1.165) is 49.1 Å². The summed E-state index contributed by atoms with van der Waals surface area (Å²) in [6.07, 6.45) is 3.56. The van der Waals surface area contributed by atoms with Crippen LogP contribution >= 0.6 is 40.7 Å². The molecule has 2 aliphatic rings. The van der Waals surface area contributed by atoms with Gasteiger partial charge in [-0.05, 0) is 30.9 Å². The van der Waals surface area contributed by atoms with Crippen LogP contribution in [0.2, 0.25) is 0 Å². The van der Waals surface area contributed by atoms with Gasteiger partial charge in [0.1, 0.15) is 0 Å². The lowest BCUT2D eigenvalue weighted by atomic mass is 9.76. The summed E-state index contributed by atoms with van der Waals surface area (Å²) < 4.78 is 14.6. The van der Waals surface area contributed by atoms with Gasteiger partial charge in [0.15, 0.2) is 11.6 Å². The highest BCUT2D eigenvalue weighted by Gasteiger charge is 2.36. The van der Waals surface area contributed by atoms with Crippen molar-refractivity contribution in [1.29, 1.82) is 0 Å². The molecule has 1 heterocycles. The van der Waals surface area contributed by atoms with E-state index < -0.39 is 5.82 Å². The fourth-order valence-electron chi connectivity index (χ4n) is 3.27. The highest BCUT2D eigenvalue weighted by Crippen LogP contribution is 2.47. The summed E-state index contributed by atoms with van der Waals surface area (Å²) in [5.41, 5.74) is 0.733. The molecule has 0 amide bonds. The van der Waals surface area contributed by atoms with Gasteiger partial charge >= 0.3 is 0 Å². The molecular weight excluding hydrogens is 394 g/mol. The molecule has 1 saturated carbocycles. The zero-order valence-electron chi connectivity index (χ0n) is 12.2. The Morgan fingerprint density at radius 2 is 1.86 bits per heavy atom. The van der Waals surface area contributed by atoms with Crippen molar-refractivity contribution in [3.05, 3.63) is 28.0 Å². The number of phenols is 1. The van der Waals surface area contributed by atoms with Gasteiger partial charge in [0.2, 0.25) is 0 Å². The minimum Gasteiger partial charge on any atom is -0.505 e. The first kappa shape index (κ1) is 20.0. The number of rotatable bonds is 3. The Bertz CT molecular complexity index is 497. The molecular formula is C15H22BrCl2FN2O. The Morgan fingerprint density at radius 3 is 2.41 bits per heavy atom. The summed E-state index contributed by atoms with van der Waals surface area (Å²) in [5, 5.41) is 13.5. The van der Waals surface area contributed by atoms with E-state index in [1.54, 1.807) is 6.07 Å². The van der Waals surface area contributed by atoms with Crippen molar-refractivity contribution >= 4 is 40.7 Å². The molecule has 7 heteroatoms. The number of benzene rings is 1. The molecule has 1 aromatic rings. The van der Waals surface area contributed by atoms with Gasteiger partial charge in [-0.3, -0.25) is 4.90 Å². The third-order valence-electron chi connectivity index (χ3n) is 4.55. The van der Waals surface area contributed by atoms with Crippen molar-refractivity contribution in [2.45, 2.75) is 25.3 Å². The Labute approximate surface area is 151 Å². The fraction of sp³-hybridized carbons (Fsp3) is 0.600. The molecule has 3 nitrogen and oxygen atoms in total. The Morgan fingerprint density at radius 1 is 1.23 bits per heavy atom. The van der Waals surface area contributed by atoms with Crippen molar-refractivity contribution in [3.63, 3.8) is 0 Å². The number of piperazine rings is 1. The van der Waals surface area contributed by atoms with E-state index in [1.165, 1.54) is 12.5 Å². The molecule has 3 rings (SSSR count). The molecule has 1 aromatic carbocycles. The SMILES string of the molecule is Cl.Cl.Oc1c(F)ccc(Br)c1[C@H](C1CCC1)N1CCNCC1. The van der Waals surface area contributed by atoms with Gasteiger partial charge in [-0.15, -0.1) is 24.8 Å². The van der Waals surface area contributed by atoms with E-state index in [0.29, 0.717) is 5.92 Å². The lowest BCUT2D eigenvalue weighted by molar-refractivity contribution is 0.0810. The molecule has 0 aromatic heterocycles. The van der Waals surface area contributed by atoms with Gasteiger partial charge in [0, 0.05) is 42.3 Å². The van der Waals surface area contributed by atoms with E-state index in [-0.39, 0.29) is 36.6 Å². The van der Waals surface area contributed by atoms with Crippen LogP contribution in [0.25, 0.3) is 0 Å². The molecule has 1 atom stereocenters. The minimum absolute atomic E-state index is 0. The van der Waals surface area contributed by atoms with Crippen LogP contribution < -0.4 is 5.32 Å². The number of halogens is 4. The van der Waals surface area contributed by atoms with Crippen molar-refractivity contribution < 1.29 is 9.50 Å². The number of aromatic hydroxyl groups is 1. The molecule has 0 spiro atoms. The summed E-state index contributed by atoms with van der Waals surface area (Å²) in [4.78, 5) is 2.39. The molecule has 0 radical (unpaired) electrons. The van der Waals surface area contributed by atoms with E-state index in [1.807, 2.05) is 0 Å². The average Bonchev–Trinajstić information content (AvgIpc) is 2.41. The highest BCUT2D eigenvalue weighted by molar-refractivity contribution is 9.10. The van der Waals surface area contributed by atoms with Crippen molar-refractivity contribution in [1.82, 2.24) is 10.2 Å². The number of hydrogen-bond donors (Lipinski definition) is 2. The van der Waals surface area contributed by atoms with Crippen LogP contribution in [0, 0.1) is 11.7 Å². The molecule has 1 aliphatic heterocycles.